The Morgan fingerprint density at radius 1 is 0.942 bits per heavy atom. The van der Waals surface area contributed by atoms with Crippen LogP contribution in [0.4, 0.5) is 17.3 Å². The molecule has 1 unspecified atom stereocenters. The molecule has 5 N–H and O–H groups in total. The summed E-state index contributed by atoms with van der Waals surface area (Å²) in [5.41, 5.74) is 11.8. The number of nitrogen functional groups attached to an aromatic ring is 1. The Bertz CT molecular complexity index is 2910. The molecule has 4 aliphatic heterocycles. The molecule has 7 heterocycles. The number of piperidine rings is 1. The highest BCUT2D eigenvalue weighted by Crippen LogP contribution is 2.39. The van der Waals surface area contributed by atoms with Crippen LogP contribution < -0.4 is 26.6 Å². The van der Waals surface area contributed by atoms with Crippen molar-refractivity contribution >= 4 is 64.4 Å². The van der Waals surface area contributed by atoms with Gasteiger partial charge in [-0.05, 0) is 74.3 Å². The lowest BCUT2D eigenvalue weighted by Crippen LogP contribution is -2.54. The van der Waals surface area contributed by atoms with Crippen LogP contribution in [-0.2, 0) is 31.0 Å². The van der Waals surface area contributed by atoms with Gasteiger partial charge < -0.3 is 25.8 Å². The third-order valence-corrected chi connectivity index (χ3v) is 14.1. The highest BCUT2D eigenvalue weighted by atomic mass is 16.5. The van der Waals surface area contributed by atoms with Crippen LogP contribution in [0.5, 0.6) is 0 Å². The summed E-state index contributed by atoms with van der Waals surface area (Å²) in [6.45, 7) is 9.10. The number of anilines is 3. The van der Waals surface area contributed by atoms with Gasteiger partial charge in [0, 0.05) is 67.3 Å². The number of aromatic nitrogens is 4. The fraction of sp³-hybridized carbons (Fsp3) is 0.431. The summed E-state index contributed by atoms with van der Waals surface area (Å²) in [6, 6.07) is 13.7. The first kappa shape index (κ1) is 45.6. The van der Waals surface area contributed by atoms with Crippen molar-refractivity contribution in [2.24, 2.45) is 5.92 Å². The predicted molar refractivity (Wildman–Crippen MR) is 257 cm³/mol. The molecule has 3 fully saturated rings. The molecule has 2 saturated heterocycles. The number of benzene rings is 2. The van der Waals surface area contributed by atoms with Crippen LogP contribution in [0.1, 0.15) is 122 Å². The number of imidazole rings is 1. The maximum Gasteiger partial charge on any atom is 0.262 e. The van der Waals surface area contributed by atoms with Crippen molar-refractivity contribution in [3.8, 4) is 11.3 Å². The Morgan fingerprint density at radius 2 is 1.75 bits per heavy atom. The van der Waals surface area contributed by atoms with Gasteiger partial charge in [0.05, 0.1) is 36.0 Å². The number of nitrogens with zero attached hydrogens (tertiary/aromatic N) is 7. The number of rotatable bonds is 8. The second kappa shape index (κ2) is 18.4. The lowest BCUT2D eigenvalue weighted by atomic mass is 9.85. The molecule has 0 radical (unpaired) electrons. The van der Waals surface area contributed by atoms with Crippen molar-refractivity contribution in [2.75, 3.05) is 48.7 Å². The Balaban J connectivity index is 0.839. The minimum atomic E-state index is -1.02. The quantitative estimate of drug-likeness (QED) is 0.146. The summed E-state index contributed by atoms with van der Waals surface area (Å²) in [4.78, 5) is 93.4. The average molecular weight is 936 g/mol. The van der Waals surface area contributed by atoms with Crippen molar-refractivity contribution in [3.05, 3.63) is 94.8 Å². The molecule has 18 nitrogen and oxygen atoms in total. The number of nitrogens with one attached hydrogen (secondary N) is 3. The van der Waals surface area contributed by atoms with Crippen molar-refractivity contribution in [2.45, 2.75) is 102 Å². The van der Waals surface area contributed by atoms with Crippen LogP contribution >= 0.6 is 0 Å². The first-order valence-corrected chi connectivity index (χ1v) is 24.0. The maximum atomic E-state index is 13.8. The number of carbonyl (C=O) groups excluding carboxylic acids is 6. The van der Waals surface area contributed by atoms with E-state index in [9.17, 15) is 28.8 Å². The van der Waals surface area contributed by atoms with Gasteiger partial charge in [0.2, 0.25) is 23.6 Å². The third-order valence-electron chi connectivity index (χ3n) is 14.1. The largest absolute Gasteiger partial charge is 0.382 e. The molecule has 18 heteroatoms. The van der Waals surface area contributed by atoms with Crippen molar-refractivity contribution in [1.29, 1.82) is 0 Å². The summed E-state index contributed by atoms with van der Waals surface area (Å²) in [6.07, 6.45) is 11.3. The zero-order chi connectivity index (χ0) is 48.1. The molecule has 5 aromatic rings. The van der Waals surface area contributed by atoms with E-state index in [4.69, 9.17) is 15.2 Å². The van der Waals surface area contributed by atoms with Gasteiger partial charge in [-0.15, -0.1) is 0 Å². The summed E-state index contributed by atoms with van der Waals surface area (Å²) >= 11 is 0. The second-order valence-corrected chi connectivity index (χ2v) is 20.2. The molecule has 358 valence electrons. The molecule has 1 aliphatic carbocycles. The van der Waals surface area contributed by atoms with Crippen molar-refractivity contribution < 1.29 is 33.3 Å². The Morgan fingerprint density at radius 3 is 2.54 bits per heavy atom. The number of fused-ring (bicyclic) bond motifs is 4. The standard InChI is InChI=1S/C51H57N11O7/c1-51(2,3)39-24-40(58-69-39)55-42(64)21-29-10-12-31(13-11-29)44-45-46(52)53-25-35-9-4-5-19-59(28-43(65)54-33-8-6-7-32(22-33)47(57-44)61(35)45)26-30-18-20-60(27-30)34-14-15-36-37(23-34)50(68)62(49(36)67)38-16-17-41(63)56-48(38)66/h4,9-15,23-25,30,32-33,38H,5-8,16-22,26-28H2,1-3H3,(H2,52,53)(H,54,65)(H,55,58,64)(H,56,63,66)/b9-4+/t30-,32+,33+,38?/m0/s1. The van der Waals surface area contributed by atoms with E-state index < -0.39 is 29.7 Å². The number of hydrogen-bond donors (Lipinski definition) is 4. The molecule has 1 saturated carbocycles. The molecule has 69 heavy (non-hydrogen) atoms. The SMILES string of the molecule is CC(C)(C)c1cc(NC(=O)Cc2ccc(-c3nc4n5c(cnc(N)c35)/C=C/CCN(C[C@@H]3CCN(c5ccc6c(c5)C(=O)N(C5CCC(=O)NC5=O)C6=O)C3)CC(=O)N[C@@H]3CCC[C@@H]4C3)cc2)no1. The summed E-state index contributed by atoms with van der Waals surface area (Å²) in [5.74, 6) is 0.286. The smallest absolute Gasteiger partial charge is 0.262 e. The van der Waals surface area contributed by atoms with Crippen LogP contribution in [0.2, 0.25) is 0 Å². The van der Waals surface area contributed by atoms with Crippen molar-refractivity contribution in [3.63, 3.8) is 0 Å². The lowest BCUT2D eigenvalue weighted by Gasteiger charge is -2.31. The van der Waals surface area contributed by atoms with E-state index in [0.717, 1.165) is 77.4 Å². The molecule has 2 bridgehead atoms. The highest BCUT2D eigenvalue weighted by Gasteiger charge is 2.45. The van der Waals surface area contributed by atoms with E-state index >= 15 is 0 Å². The topological polar surface area (TPSA) is 230 Å². The van der Waals surface area contributed by atoms with E-state index in [1.807, 2.05) is 51.1 Å². The minimum absolute atomic E-state index is 0.00818. The first-order chi connectivity index (χ1) is 33.2. The second-order valence-electron chi connectivity index (χ2n) is 20.2. The van der Waals surface area contributed by atoms with Gasteiger partial charge in [-0.2, -0.15) is 0 Å². The fourth-order valence-electron chi connectivity index (χ4n) is 10.6. The molecular weight excluding hydrogens is 879 g/mol. The van der Waals surface area contributed by atoms with Gasteiger partial charge in [0.1, 0.15) is 34.7 Å². The normalized spacial score (nSPS) is 22.9. The number of nitrogens with two attached hydrogens (primary N) is 1. The van der Waals surface area contributed by atoms with Crippen LogP contribution in [0.15, 0.2) is 65.3 Å². The molecule has 3 aromatic heterocycles. The molecule has 10 rings (SSSR count). The molecule has 5 aliphatic rings. The average Bonchev–Trinajstić information content (AvgIpc) is 4.12. The van der Waals surface area contributed by atoms with Gasteiger partial charge in [-0.1, -0.05) is 62.7 Å². The van der Waals surface area contributed by atoms with Gasteiger partial charge >= 0.3 is 0 Å². The molecule has 0 spiro atoms. The number of imide groups is 2. The lowest BCUT2D eigenvalue weighted by molar-refractivity contribution is -0.136. The van der Waals surface area contributed by atoms with E-state index in [2.05, 4.69) is 52.4 Å². The maximum absolute atomic E-state index is 13.8. The van der Waals surface area contributed by atoms with Gasteiger partial charge in [0.15, 0.2) is 5.82 Å². The first-order valence-electron chi connectivity index (χ1n) is 24.0. The summed E-state index contributed by atoms with van der Waals surface area (Å²) in [5, 5.41) is 12.5. The number of carbonyl (C=O) groups is 6. The van der Waals surface area contributed by atoms with Crippen LogP contribution in [0.3, 0.4) is 0 Å². The Kier molecular flexibility index (Phi) is 12.1. The van der Waals surface area contributed by atoms with Crippen LogP contribution in [0.25, 0.3) is 22.9 Å². The molecule has 2 aromatic carbocycles. The van der Waals surface area contributed by atoms with Gasteiger partial charge in [-0.25, -0.2) is 9.97 Å². The summed E-state index contributed by atoms with van der Waals surface area (Å²) < 4.78 is 7.57. The fourth-order valence-corrected chi connectivity index (χ4v) is 10.6. The predicted octanol–water partition coefficient (Wildman–Crippen LogP) is 5.23. The van der Waals surface area contributed by atoms with Crippen molar-refractivity contribution in [1.82, 2.24) is 40.0 Å². The van der Waals surface area contributed by atoms with Gasteiger partial charge in [0.25, 0.3) is 11.8 Å². The Labute approximate surface area is 399 Å². The molecular formula is C51H57N11O7. The monoisotopic (exact) mass is 935 g/mol. The molecule has 4 atom stereocenters. The third kappa shape index (κ3) is 9.24. The molecule has 6 amide bonds. The zero-order valence-corrected chi connectivity index (χ0v) is 39.1. The van der Waals surface area contributed by atoms with E-state index in [-0.39, 0.29) is 72.0 Å². The van der Waals surface area contributed by atoms with E-state index in [0.29, 0.717) is 49.1 Å². The van der Waals surface area contributed by atoms with Crippen LogP contribution in [0, 0.1) is 5.92 Å². The zero-order valence-electron chi connectivity index (χ0n) is 39.1. The highest BCUT2D eigenvalue weighted by molar-refractivity contribution is 6.23. The number of hydrogen-bond acceptors (Lipinski definition) is 13. The van der Waals surface area contributed by atoms with Crippen LogP contribution in [-0.4, -0.2) is 110 Å². The Hall–Kier alpha value is -7.21. The minimum Gasteiger partial charge on any atom is -0.382 e. The number of amides is 6. The van der Waals surface area contributed by atoms with E-state index in [1.165, 1.54) is 0 Å². The van der Waals surface area contributed by atoms with E-state index in [1.54, 1.807) is 24.4 Å². The van der Waals surface area contributed by atoms with Gasteiger partial charge in [-0.3, -0.25) is 48.3 Å². The summed E-state index contributed by atoms with van der Waals surface area (Å²) in [7, 11) is 0.